The highest BCUT2D eigenvalue weighted by atomic mass is 16.3. The third-order valence-electron chi connectivity index (χ3n) is 4.90. The summed E-state index contributed by atoms with van der Waals surface area (Å²) in [6, 6.07) is 0. The molecule has 2 nitrogen and oxygen atoms in total. The van der Waals surface area contributed by atoms with Crippen molar-refractivity contribution < 1.29 is 5.11 Å². The van der Waals surface area contributed by atoms with Crippen LogP contribution in [0.4, 0.5) is 0 Å². The Morgan fingerprint density at radius 1 is 1.07 bits per heavy atom. The van der Waals surface area contributed by atoms with Crippen LogP contribution in [0, 0.1) is 10.8 Å². The van der Waals surface area contributed by atoms with E-state index in [4.69, 9.17) is 5.73 Å². The first-order valence-corrected chi connectivity index (χ1v) is 6.36. The normalized spacial score (nSPS) is 38.4. The maximum atomic E-state index is 10.9. The highest BCUT2D eigenvalue weighted by Gasteiger charge is 2.55. The van der Waals surface area contributed by atoms with Gasteiger partial charge in [-0.05, 0) is 37.5 Å². The average molecular weight is 211 g/mol. The van der Waals surface area contributed by atoms with Gasteiger partial charge in [0.1, 0.15) is 0 Å². The zero-order valence-electron chi connectivity index (χ0n) is 10.2. The van der Waals surface area contributed by atoms with Crippen LogP contribution in [0.15, 0.2) is 0 Å². The molecule has 88 valence electrons. The van der Waals surface area contributed by atoms with Crippen LogP contribution in [0.3, 0.4) is 0 Å². The molecular formula is C13H25NO. The number of hydrogen-bond donors (Lipinski definition) is 2. The van der Waals surface area contributed by atoms with E-state index >= 15 is 0 Å². The van der Waals surface area contributed by atoms with E-state index in [1.54, 1.807) is 0 Å². The SMILES string of the molecule is CC1(C)CCCC(O)(C2(CN)CCC2)C1. The molecule has 2 aliphatic carbocycles. The van der Waals surface area contributed by atoms with Crippen molar-refractivity contribution in [1.29, 1.82) is 0 Å². The molecule has 2 rings (SSSR count). The largest absolute Gasteiger partial charge is 0.389 e. The van der Waals surface area contributed by atoms with Crippen molar-refractivity contribution in [1.82, 2.24) is 0 Å². The Balaban J connectivity index is 2.18. The van der Waals surface area contributed by atoms with Gasteiger partial charge in [0, 0.05) is 12.0 Å². The summed E-state index contributed by atoms with van der Waals surface area (Å²) in [5, 5.41) is 10.9. The standard InChI is InChI=1S/C13H25NO/c1-11(2)5-3-8-13(15,9-11)12(10-14)6-4-7-12/h15H,3-10,14H2,1-2H3. The van der Waals surface area contributed by atoms with Crippen LogP contribution in [0.2, 0.25) is 0 Å². The van der Waals surface area contributed by atoms with Gasteiger partial charge in [0.15, 0.2) is 0 Å². The molecule has 0 aliphatic heterocycles. The summed E-state index contributed by atoms with van der Waals surface area (Å²) in [6.45, 7) is 5.22. The van der Waals surface area contributed by atoms with E-state index in [0.29, 0.717) is 12.0 Å². The molecule has 0 heterocycles. The number of rotatable bonds is 2. The molecule has 2 aliphatic rings. The van der Waals surface area contributed by atoms with E-state index in [9.17, 15) is 5.11 Å². The van der Waals surface area contributed by atoms with Crippen LogP contribution in [0.25, 0.3) is 0 Å². The van der Waals surface area contributed by atoms with Crippen LogP contribution in [0.5, 0.6) is 0 Å². The van der Waals surface area contributed by atoms with Crippen molar-refractivity contribution in [3.63, 3.8) is 0 Å². The molecule has 1 unspecified atom stereocenters. The lowest BCUT2D eigenvalue weighted by Crippen LogP contribution is -2.59. The first-order chi connectivity index (χ1) is 6.93. The Kier molecular flexibility index (Phi) is 2.63. The maximum Gasteiger partial charge on any atom is 0.0720 e. The topological polar surface area (TPSA) is 46.2 Å². The van der Waals surface area contributed by atoms with Gasteiger partial charge in [-0.25, -0.2) is 0 Å². The summed E-state index contributed by atoms with van der Waals surface area (Å²) < 4.78 is 0. The Morgan fingerprint density at radius 3 is 2.07 bits per heavy atom. The fourth-order valence-corrected chi connectivity index (χ4v) is 3.74. The Morgan fingerprint density at radius 2 is 1.67 bits per heavy atom. The van der Waals surface area contributed by atoms with E-state index in [0.717, 1.165) is 32.1 Å². The van der Waals surface area contributed by atoms with Gasteiger partial charge in [-0.2, -0.15) is 0 Å². The number of aliphatic hydroxyl groups is 1. The molecule has 0 bridgehead atoms. The first kappa shape index (κ1) is 11.4. The van der Waals surface area contributed by atoms with Gasteiger partial charge in [-0.15, -0.1) is 0 Å². The van der Waals surface area contributed by atoms with Gasteiger partial charge < -0.3 is 10.8 Å². The van der Waals surface area contributed by atoms with Crippen molar-refractivity contribution in [2.24, 2.45) is 16.6 Å². The van der Waals surface area contributed by atoms with Crippen molar-refractivity contribution in [3.8, 4) is 0 Å². The fraction of sp³-hybridized carbons (Fsp3) is 1.00. The predicted molar refractivity (Wildman–Crippen MR) is 62.5 cm³/mol. The van der Waals surface area contributed by atoms with Crippen LogP contribution in [-0.4, -0.2) is 17.3 Å². The lowest BCUT2D eigenvalue weighted by molar-refractivity contribution is -0.163. The molecule has 1 atom stereocenters. The summed E-state index contributed by atoms with van der Waals surface area (Å²) >= 11 is 0. The summed E-state index contributed by atoms with van der Waals surface area (Å²) in [7, 11) is 0. The summed E-state index contributed by atoms with van der Waals surface area (Å²) in [4.78, 5) is 0. The summed E-state index contributed by atoms with van der Waals surface area (Å²) in [5.74, 6) is 0. The maximum absolute atomic E-state index is 10.9. The smallest absolute Gasteiger partial charge is 0.0720 e. The number of hydrogen-bond acceptors (Lipinski definition) is 2. The highest BCUT2D eigenvalue weighted by molar-refractivity contribution is 5.07. The second-order valence-electron chi connectivity index (χ2n) is 6.56. The van der Waals surface area contributed by atoms with E-state index in [2.05, 4.69) is 13.8 Å². The van der Waals surface area contributed by atoms with Crippen molar-refractivity contribution in [2.45, 2.75) is 64.4 Å². The molecule has 0 aromatic carbocycles. The Labute approximate surface area is 93.2 Å². The van der Waals surface area contributed by atoms with Crippen LogP contribution in [-0.2, 0) is 0 Å². The minimum Gasteiger partial charge on any atom is -0.389 e. The minimum atomic E-state index is -0.470. The molecule has 0 aromatic heterocycles. The highest BCUT2D eigenvalue weighted by Crippen LogP contribution is 2.56. The van der Waals surface area contributed by atoms with Crippen molar-refractivity contribution in [3.05, 3.63) is 0 Å². The average Bonchev–Trinajstić information content (AvgIpc) is 1.99. The monoisotopic (exact) mass is 211 g/mol. The molecule has 2 saturated carbocycles. The Hall–Kier alpha value is -0.0800. The van der Waals surface area contributed by atoms with Crippen molar-refractivity contribution >= 4 is 0 Å². The van der Waals surface area contributed by atoms with Gasteiger partial charge in [-0.3, -0.25) is 0 Å². The number of nitrogens with two attached hydrogens (primary N) is 1. The molecule has 3 N–H and O–H groups in total. The molecule has 15 heavy (non-hydrogen) atoms. The molecular weight excluding hydrogens is 186 g/mol. The third kappa shape index (κ3) is 1.72. The van der Waals surface area contributed by atoms with Gasteiger partial charge in [-0.1, -0.05) is 26.7 Å². The van der Waals surface area contributed by atoms with E-state index in [1.165, 1.54) is 12.8 Å². The van der Waals surface area contributed by atoms with Crippen LogP contribution in [0.1, 0.15) is 58.8 Å². The lowest BCUT2D eigenvalue weighted by atomic mass is 9.52. The van der Waals surface area contributed by atoms with Crippen molar-refractivity contribution in [2.75, 3.05) is 6.54 Å². The van der Waals surface area contributed by atoms with E-state index < -0.39 is 5.60 Å². The third-order valence-corrected chi connectivity index (χ3v) is 4.90. The molecule has 0 saturated heterocycles. The second-order valence-corrected chi connectivity index (χ2v) is 6.56. The van der Waals surface area contributed by atoms with Gasteiger partial charge in [0.2, 0.25) is 0 Å². The van der Waals surface area contributed by atoms with Gasteiger partial charge in [0.25, 0.3) is 0 Å². The van der Waals surface area contributed by atoms with E-state index in [-0.39, 0.29) is 5.41 Å². The molecule has 0 radical (unpaired) electrons. The zero-order chi connectivity index (χ0) is 11.2. The lowest BCUT2D eigenvalue weighted by Gasteiger charge is -2.57. The predicted octanol–water partition coefficient (Wildman–Crippen LogP) is 2.45. The zero-order valence-corrected chi connectivity index (χ0v) is 10.2. The van der Waals surface area contributed by atoms with Gasteiger partial charge >= 0.3 is 0 Å². The Bertz CT molecular complexity index is 239. The quantitative estimate of drug-likeness (QED) is 0.737. The summed E-state index contributed by atoms with van der Waals surface area (Å²) in [5.41, 5.74) is 5.80. The minimum absolute atomic E-state index is 0.0602. The molecule has 0 spiro atoms. The first-order valence-electron chi connectivity index (χ1n) is 6.36. The molecule has 2 heteroatoms. The fourth-order valence-electron chi connectivity index (χ4n) is 3.74. The molecule has 0 amide bonds. The van der Waals surface area contributed by atoms with Crippen LogP contribution < -0.4 is 5.73 Å². The molecule has 2 fully saturated rings. The second kappa shape index (κ2) is 3.46. The van der Waals surface area contributed by atoms with Gasteiger partial charge in [0.05, 0.1) is 5.60 Å². The summed E-state index contributed by atoms with van der Waals surface area (Å²) in [6.07, 6.45) is 7.83. The van der Waals surface area contributed by atoms with Crippen LogP contribution >= 0.6 is 0 Å². The molecule has 0 aromatic rings. The van der Waals surface area contributed by atoms with E-state index in [1.807, 2.05) is 0 Å².